The summed E-state index contributed by atoms with van der Waals surface area (Å²) in [5.74, 6) is -0.770. The second-order valence-corrected chi connectivity index (χ2v) is 8.09. The van der Waals surface area contributed by atoms with Crippen LogP contribution in [0.25, 0.3) is 5.53 Å². The molecule has 1 aliphatic rings. The number of hydrogen-bond donors (Lipinski definition) is 2. The number of alkyl carbamates (subject to hydrolysis) is 1. The third kappa shape index (κ3) is 6.72. The number of hydrogen-bond acceptors (Lipinski definition) is 5. The lowest BCUT2D eigenvalue weighted by Gasteiger charge is -2.33. The number of nitrogens with zero attached hydrogens (tertiary/aromatic N) is 2. The van der Waals surface area contributed by atoms with Crippen LogP contribution in [0.2, 0.25) is 0 Å². The van der Waals surface area contributed by atoms with Gasteiger partial charge in [-0.3, -0.25) is 5.22 Å². The van der Waals surface area contributed by atoms with Gasteiger partial charge in [-0.2, -0.15) is 0 Å². The van der Waals surface area contributed by atoms with E-state index in [2.05, 4.69) is 16.0 Å². The zero-order valence-corrected chi connectivity index (χ0v) is 15.4. The molecule has 1 rings (SSSR count). The lowest BCUT2D eigenvalue weighted by Crippen LogP contribution is -2.53. The summed E-state index contributed by atoms with van der Waals surface area (Å²) in [5.41, 5.74) is 10.0. The topological polar surface area (TPSA) is 111 Å². The molecule has 1 amide bonds. The van der Waals surface area contributed by atoms with Crippen LogP contribution < -0.4 is 10.7 Å². The van der Waals surface area contributed by atoms with E-state index in [9.17, 15) is 9.59 Å². The Balaban J connectivity index is 2.92. The molecule has 0 unspecified atom stereocenters. The fourth-order valence-electron chi connectivity index (χ4n) is 2.76. The van der Waals surface area contributed by atoms with E-state index in [4.69, 9.17) is 15.0 Å². The van der Waals surface area contributed by atoms with Crippen molar-refractivity contribution in [3.8, 4) is 0 Å². The molecule has 0 aromatic heterocycles. The smallest absolute Gasteiger partial charge is 0.408 e. The minimum absolute atomic E-state index is 0.220. The van der Waals surface area contributed by atoms with Crippen LogP contribution in [-0.4, -0.2) is 35.3 Å². The first kappa shape index (κ1) is 20.2. The van der Waals surface area contributed by atoms with E-state index in [1.165, 1.54) is 0 Å². The standard InChI is InChI=1S/C16H29N4O4/c1-15(2,3)23-13(21)12(18-14(22)24-16(4,5)6)10-8-7-9-11(10)19-20-17/h10-12H,7-9H2,1-6H3,(H2-,17,18,19,22)/q-1/t10-,11+,12+/m0/s1. The molecule has 8 heteroatoms. The van der Waals surface area contributed by atoms with E-state index in [1.807, 2.05) is 0 Å². The van der Waals surface area contributed by atoms with Crippen molar-refractivity contribution in [2.45, 2.75) is 84.1 Å². The summed E-state index contributed by atoms with van der Waals surface area (Å²) in [4.78, 5) is 24.7. The Labute approximate surface area is 143 Å². The predicted octanol–water partition coefficient (Wildman–Crippen LogP) is 2.92. The van der Waals surface area contributed by atoms with Crippen LogP contribution >= 0.6 is 0 Å². The van der Waals surface area contributed by atoms with E-state index in [-0.39, 0.29) is 12.0 Å². The van der Waals surface area contributed by atoms with Crippen molar-refractivity contribution in [2.24, 2.45) is 11.1 Å². The maximum atomic E-state index is 12.6. The third-order valence-electron chi connectivity index (χ3n) is 3.55. The monoisotopic (exact) mass is 341 g/mol. The summed E-state index contributed by atoms with van der Waals surface area (Å²) < 4.78 is 10.7. The molecule has 0 aromatic rings. The fraction of sp³-hybridized carbons (Fsp3) is 0.875. The summed E-state index contributed by atoms with van der Waals surface area (Å²) in [6, 6.07) is -1.09. The molecule has 138 valence electrons. The van der Waals surface area contributed by atoms with Gasteiger partial charge >= 0.3 is 12.1 Å². The average Bonchev–Trinajstić information content (AvgIpc) is 2.80. The van der Waals surface area contributed by atoms with Crippen LogP contribution in [0.5, 0.6) is 0 Å². The summed E-state index contributed by atoms with van der Waals surface area (Å²) in [6.45, 7) is 10.5. The van der Waals surface area contributed by atoms with Crippen molar-refractivity contribution in [2.75, 3.05) is 0 Å². The Morgan fingerprint density at radius 2 is 1.67 bits per heavy atom. The number of ether oxygens (including phenoxy) is 2. The highest BCUT2D eigenvalue weighted by atomic mass is 16.6. The normalized spacial score (nSPS) is 22.4. The maximum Gasteiger partial charge on any atom is 0.408 e. The molecule has 3 atom stereocenters. The second kappa shape index (κ2) is 7.81. The van der Waals surface area contributed by atoms with Crippen molar-refractivity contribution in [3.05, 3.63) is 5.53 Å². The van der Waals surface area contributed by atoms with Gasteiger partial charge in [0.1, 0.15) is 17.2 Å². The third-order valence-corrected chi connectivity index (χ3v) is 3.55. The van der Waals surface area contributed by atoms with Gasteiger partial charge in [-0.25, -0.2) is 9.59 Å². The summed E-state index contributed by atoms with van der Waals surface area (Å²) in [7, 11) is 0. The van der Waals surface area contributed by atoms with Crippen LogP contribution in [0.3, 0.4) is 0 Å². The van der Waals surface area contributed by atoms with E-state index in [0.29, 0.717) is 6.42 Å². The van der Waals surface area contributed by atoms with Crippen LogP contribution in [0, 0.1) is 5.92 Å². The lowest BCUT2D eigenvalue weighted by atomic mass is 9.94. The summed E-state index contributed by atoms with van der Waals surface area (Å²) >= 11 is 0. The maximum absolute atomic E-state index is 12.6. The van der Waals surface area contributed by atoms with Crippen molar-refractivity contribution >= 4 is 12.1 Å². The first-order valence-electron chi connectivity index (χ1n) is 8.25. The molecule has 24 heavy (non-hydrogen) atoms. The summed E-state index contributed by atoms with van der Waals surface area (Å²) in [6.07, 6.45) is 1.62. The largest absolute Gasteiger partial charge is 0.458 e. The molecule has 0 bridgehead atoms. The molecule has 1 fully saturated rings. The second-order valence-electron chi connectivity index (χ2n) is 8.09. The predicted molar refractivity (Wildman–Crippen MR) is 89.1 cm³/mol. The molecule has 0 aliphatic heterocycles. The zero-order valence-electron chi connectivity index (χ0n) is 15.4. The van der Waals surface area contributed by atoms with Gasteiger partial charge in [0, 0.05) is 0 Å². The highest BCUT2D eigenvalue weighted by molar-refractivity contribution is 5.82. The van der Waals surface area contributed by atoms with Crippen molar-refractivity contribution < 1.29 is 19.1 Å². The fourth-order valence-corrected chi connectivity index (χ4v) is 2.76. The Morgan fingerprint density at radius 1 is 1.08 bits per heavy atom. The Kier molecular flexibility index (Phi) is 6.57. The minimum atomic E-state index is -0.874. The van der Waals surface area contributed by atoms with E-state index < -0.39 is 29.3 Å². The van der Waals surface area contributed by atoms with Crippen LogP contribution in [0.4, 0.5) is 4.79 Å². The van der Waals surface area contributed by atoms with E-state index >= 15 is 0 Å². The van der Waals surface area contributed by atoms with Gasteiger partial charge in [0.25, 0.3) is 0 Å². The van der Waals surface area contributed by atoms with Gasteiger partial charge in [0.15, 0.2) is 0 Å². The number of nitrogens with one attached hydrogen (secondary N) is 2. The van der Waals surface area contributed by atoms with Crippen molar-refractivity contribution in [1.82, 2.24) is 10.7 Å². The van der Waals surface area contributed by atoms with Gasteiger partial charge in [-0.1, -0.05) is 6.42 Å². The molecule has 1 saturated carbocycles. The van der Waals surface area contributed by atoms with Gasteiger partial charge in [0.2, 0.25) is 0 Å². The SMILES string of the molecule is CC(C)(C)OC(=O)N[C@@H](C(=O)OC(C)(C)C)[C@H]1CCC[C@H]1NN=[N-]. The molecule has 1 aliphatic carbocycles. The number of esters is 1. The molecule has 0 spiro atoms. The van der Waals surface area contributed by atoms with Crippen LogP contribution in [-0.2, 0) is 14.3 Å². The highest BCUT2D eigenvalue weighted by Crippen LogP contribution is 2.30. The number of amides is 1. The molecule has 0 aromatic carbocycles. The molecule has 2 N–H and O–H groups in total. The number of carbonyl (C=O) groups excluding carboxylic acids is 2. The number of rotatable bonds is 5. The quantitative estimate of drug-likeness (QED) is 0.454. The molecule has 0 heterocycles. The minimum Gasteiger partial charge on any atom is -0.458 e. The highest BCUT2D eigenvalue weighted by Gasteiger charge is 2.39. The lowest BCUT2D eigenvalue weighted by molar-refractivity contribution is -0.159. The molecule has 0 radical (unpaired) electrons. The van der Waals surface area contributed by atoms with Crippen LogP contribution in [0.15, 0.2) is 5.22 Å². The molecule has 8 nitrogen and oxygen atoms in total. The van der Waals surface area contributed by atoms with E-state index in [0.717, 1.165) is 12.8 Å². The summed E-state index contributed by atoms with van der Waals surface area (Å²) in [5, 5.41) is 5.60. The van der Waals surface area contributed by atoms with Gasteiger partial charge < -0.3 is 25.7 Å². The molecular formula is C16H29N4O4-. The zero-order chi connectivity index (χ0) is 18.5. The number of carbonyl (C=O) groups is 2. The molecule has 0 saturated heterocycles. The van der Waals surface area contributed by atoms with Crippen molar-refractivity contribution in [3.63, 3.8) is 0 Å². The Hall–Kier alpha value is -1.86. The van der Waals surface area contributed by atoms with Gasteiger partial charge in [0.05, 0.1) is 0 Å². The van der Waals surface area contributed by atoms with E-state index in [1.54, 1.807) is 41.5 Å². The Morgan fingerprint density at radius 3 is 2.17 bits per heavy atom. The first-order chi connectivity index (χ1) is 10.9. The van der Waals surface area contributed by atoms with Crippen LogP contribution in [0.1, 0.15) is 60.8 Å². The first-order valence-corrected chi connectivity index (χ1v) is 8.25. The van der Waals surface area contributed by atoms with Crippen molar-refractivity contribution in [1.29, 1.82) is 0 Å². The molecular weight excluding hydrogens is 312 g/mol. The Bertz CT molecular complexity index is 468. The van der Waals surface area contributed by atoms with Gasteiger partial charge in [-0.15, -0.1) is 0 Å². The van der Waals surface area contributed by atoms with Gasteiger partial charge in [-0.05, 0) is 66.3 Å². The average molecular weight is 341 g/mol.